The van der Waals surface area contributed by atoms with Gasteiger partial charge in [0.15, 0.2) is 0 Å². The third kappa shape index (κ3) is 3.71. The first-order chi connectivity index (χ1) is 12.1. The van der Waals surface area contributed by atoms with Gasteiger partial charge in [0.1, 0.15) is 6.04 Å². The van der Waals surface area contributed by atoms with Crippen LogP contribution in [-0.2, 0) is 14.3 Å². The van der Waals surface area contributed by atoms with Crippen LogP contribution in [0, 0.1) is 5.41 Å². The van der Waals surface area contributed by atoms with Crippen molar-refractivity contribution < 1.29 is 14.3 Å². The molecule has 1 aromatic rings. The minimum absolute atomic E-state index is 0.0967. The monoisotopic (exact) mass is 344 g/mol. The highest BCUT2D eigenvalue weighted by Crippen LogP contribution is 2.42. The molecule has 1 atom stereocenters. The van der Waals surface area contributed by atoms with Crippen molar-refractivity contribution >= 4 is 11.9 Å². The summed E-state index contributed by atoms with van der Waals surface area (Å²) in [4.78, 5) is 28.9. The van der Waals surface area contributed by atoms with Crippen LogP contribution >= 0.6 is 0 Å². The van der Waals surface area contributed by atoms with Gasteiger partial charge in [-0.3, -0.25) is 9.69 Å². The topological polar surface area (TPSA) is 49.9 Å². The van der Waals surface area contributed by atoms with Crippen LogP contribution in [0.5, 0.6) is 0 Å². The zero-order valence-corrected chi connectivity index (χ0v) is 15.2. The average Bonchev–Trinajstić information content (AvgIpc) is 2.93. The second-order valence-electron chi connectivity index (χ2n) is 7.19. The molecule has 25 heavy (non-hydrogen) atoms. The van der Waals surface area contributed by atoms with Gasteiger partial charge in [-0.2, -0.15) is 0 Å². The molecule has 0 saturated carbocycles. The lowest BCUT2D eigenvalue weighted by Gasteiger charge is -2.41. The normalized spacial score (nSPS) is 21.5. The third-order valence-corrected chi connectivity index (χ3v) is 5.64. The Hall–Kier alpha value is -1.88. The standard InChI is InChI=1S/C20H28N2O3/c1-3-21-15-20(14-17(21)23)10-12-22(13-11-20)18(19(24)25-4-2)16-8-6-5-7-9-16/h5-9,18H,3-4,10-15H2,1-2H3/t18-/m1/s1. The molecule has 3 rings (SSSR count). The number of esters is 1. The fourth-order valence-corrected chi connectivity index (χ4v) is 4.21. The highest BCUT2D eigenvalue weighted by atomic mass is 16.5. The second-order valence-corrected chi connectivity index (χ2v) is 7.19. The molecular formula is C20H28N2O3. The first-order valence-corrected chi connectivity index (χ1v) is 9.32. The first kappa shape index (κ1) is 17.9. The number of hydrogen-bond donors (Lipinski definition) is 0. The van der Waals surface area contributed by atoms with Gasteiger partial charge in [0.25, 0.3) is 0 Å². The van der Waals surface area contributed by atoms with Crippen LogP contribution in [0.2, 0.25) is 0 Å². The highest BCUT2D eigenvalue weighted by Gasteiger charge is 2.45. The Morgan fingerprint density at radius 1 is 1.20 bits per heavy atom. The van der Waals surface area contributed by atoms with Crippen LogP contribution in [0.3, 0.4) is 0 Å². The molecule has 5 nitrogen and oxygen atoms in total. The molecule has 1 spiro atoms. The maximum absolute atomic E-state index is 12.6. The van der Waals surface area contributed by atoms with E-state index in [2.05, 4.69) is 4.90 Å². The van der Waals surface area contributed by atoms with E-state index < -0.39 is 0 Å². The number of carbonyl (C=O) groups excluding carboxylic acids is 2. The van der Waals surface area contributed by atoms with E-state index in [1.54, 1.807) is 0 Å². The molecule has 0 N–H and O–H groups in total. The zero-order chi connectivity index (χ0) is 17.9. The van der Waals surface area contributed by atoms with Gasteiger partial charge in [-0.05, 0) is 50.8 Å². The maximum Gasteiger partial charge on any atom is 0.327 e. The first-order valence-electron chi connectivity index (χ1n) is 9.32. The molecule has 2 heterocycles. The van der Waals surface area contributed by atoms with Crippen LogP contribution in [0.1, 0.15) is 44.7 Å². The van der Waals surface area contributed by atoms with Crippen LogP contribution in [0.15, 0.2) is 30.3 Å². The van der Waals surface area contributed by atoms with Crippen molar-refractivity contribution in [1.29, 1.82) is 0 Å². The van der Waals surface area contributed by atoms with Crippen LogP contribution in [-0.4, -0.2) is 54.5 Å². The number of piperidine rings is 1. The fourth-order valence-electron chi connectivity index (χ4n) is 4.21. The molecule has 1 aromatic carbocycles. The zero-order valence-electron chi connectivity index (χ0n) is 15.2. The summed E-state index contributed by atoms with van der Waals surface area (Å²) < 4.78 is 5.34. The molecular weight excluding hydrogens is 316 g/mol. The number of carbonyl (C=O) groups is 2. The van der Waals surface area contributed by atoms with Crippen molar-refractivity contribution in [2.45, 2.75) is 39.2 Å². The Labute approximate surface area is 149 Å². The lowest BCUT2D eigenvalue weighted by molar-refractivity contribution is -0.151. The largest absolute Gasteiger partial charge is 0.465 e. The summed E-state index contributed by atoms with van der Waals surface area (Å²) in [6.45, 7) is 7.57. The van der Waals surface area contributed by atoms with E-state index in [-0.39, 0.29) is 23.3 Å². The average molecular weight is 344 g/mol. The van der Waals surface area contributed by atoms with E-state index in [0.717, 1.165) is 44.6 Å². The Bertz CT molecular complexity index is 609. The van der Waals surface area contributed by atoms with Gasteiger partial charge < -0.3 is 9.64 Å². The summed E-state index contributed by atoms with van der Waals surface area (Å²) in [7, 11) is 0. The summed E-state index contributed by atoms with van der Waals surface area (Å²) >= 11 is 0. The van der Waals surface area contributed by atoms with Gasteiger partial charge in [0.05, 0.1) is 6.61 Å². The van der Waals surface area contributed by atoms with Crippen molar-refractivity contribution in [1.82, 2.24) is 9.80 Å². The van der Waals surface area contributed by atoms with Crippen LogP contribution in [0.4, 0.5) is 0 Å². The molecule has 2 aliphatic rings. The Morgan fingerprint density at radius 2 is 1.88 bits per heavy atom. The fraction of sp³-hybridized carbons (Fsp3) is 0.600. The smallest absolute Gasteiger partial charge is 0.327 e. The van der Waals surface area contributed by atoms with Gasteiger partial charge in [-0.15, -0.1) is 0 Å². The summed E-state index contributed by atoms with van der Waals surface area (Å²) in [5.74, 6) is 0.100. The number of nitrogens with zero attached hydrogens (tertiary/aromatic N) is 2. The van der Waals surface area contributed by atoms with Crippen molar-refractivity contribution in [3.63, 3.8) is 0 Å². The van der Waals surface area contributed by atoms with Crippen molar-refractivity contribution in [2.24, 2.45) is 5.41 Å². The Balaban J connectivity index is 1.72. The predicted octanol–water partition coefficient (Wildman–Crippen LogP) is 2.63. The van der Waals surface area contributed by atoms with E-state index >= 15 is 0 Å². The van der Waals surface area contributed by atoms with Gasteiger partial charge >= 0.3 is 5.97 Å². The summed E-state index contributed by atoms with van der Waals surface area (Å²) in [6.07, 6.45) is 2.57. The number of likely N-dealkylation sites (tertiary alicyclic amines) is 2. The van der Waals surface area contributed by atoms with Crippen molar-refractivity contribution in [3.05, 3.63) is 35.9 Å². The number of amides is 1. The predicted molar refractivity (Wildman–Crippen MR) is 95.9 cm³/mol. The summed E-state index contributed by atoms with van der Waals surface area (Å²) in [6, 6.07) is 9.51. The molecule has 1 amide bonds. The van der Waals surface area contributed by atoms with E-state index in [1.165, 1.54) is 0 Å². The van der Waals surface area contributed by atoms with Crippen LogP contribution in [0.25, 0.3) is 0 Å². The number of hydrogen-bond acceptors (Lipinski definition) is 4. The van der Waals surface area contributed by atoms with E-state index in [9.17, 15) is 9.59 Å². The van der Waals surface area contributed by atoms with Crippen LogP contribution < -0.4 is 0 Å². The second kappa shape index (κ2) is 7.56. The Morgan fingerprint density at radius 3 is 2.44 bits per heavy atom. The highest BCUT2D eigenvalue weighted by molar-refractivity contribution is 5.79. The SMILES string of the molecule is CCOC(=O)[C@@H](c1ccccc1)N1CCC2(CC1)CC(=O)N(CC)C2. The molecule has 136 valence electrons. The molecule has 0 bridgehead atoms. The van der Waals surface area contributed by atoms with Gasteiger partial charge in [-0.1, -0.05) is 30.3 Å². The van der Waals surface area contributed by atoms with Crippen molar-refractivity contribution in [2.75, 3.05) is 32.8 Å². The van der Waals surface area contributed by atoms with E-state index in [1.807, 2.05) is 49.1 Å². The molecule has 2 saturated heterocycles. The minimum Gasteiger partial charge on any atom is -0.465 e. The van der Waals surface area contributed by atoms with E-state index in [0.29, 0.717) is 13.0 Å². The molecule has 0 unspecified atom stereocenters. The van der Waals surface area contributed by atoms with Crippen molar-refractivity contribution in [3.8, 4) is 0 Å². The Kier molecular flexibility index (Phi) is 5.42. The van der Waals surface area contributed by atoms with E-state index in [4.69, 9.17) is 4.74 Å². The summed E-state index contributed by atoms with van der Waals surface area (Å²) in [5, 5.41) is 0. The lowest BCUT2D eigenvalue weighted by Crippen LogP contribution is -2.45. The summed E-state index contributed by atoms with van der Waals surface area (Å²) in [5.41, 5.74) is 1.08. The quantitative estimate of drug-likeness (QED) is 0.771. The van der Waals surface area contributed by atoms with Gasteiger partial charge in [-0.25, -0.2) is 4.79 Å². The third-order valence-electron chi connectivity index (χ3n) is 5.64. The van der Waals surface area contributed by atoms with Gasteiger partial charge in [0.2, 0.25) is 5.91 Å². The molecule has 0 aromatic heterocycles. The molecule has 0 aliphatic carbocycles. The minimum atomic E-state index is -0.349. The number of ether oxygens (including phenoxy) is 1. The lowest BCUT2D eigenvalue weighted by atomic mass is 9.77. The molecule has 5 heteroatoms. The number of benzene rings is 1. The molecule has 0 radical (unpaired) electrons. The number of rotatable bonds is 5. The maximum atomic E-state index is 12.6. The van der Waals surface area contributed by atoms with Gasteiger partial charge in [0, 0.05) is 19.5 Å². The molecule has 2 fully saturated rings. The molecule has 2 aliphatic heterocycles.